The summed E-state index contributed by atoms with van der Waals surface area (Å²) in [6.45, 7) is 5.13. The SMILES string of the molecule is O=C(c1ccc(N2CCN(C(=O)C3CCCCC3)CC2)c([N+](=O)[O-])c1)N1CCCNCC1. The number of piperazine rings is 1. The molecule has 4 rings (SSSR count). The Hall–Kier alpha value is -2.68. The quantitative estimate of drug-likeness (QED) is 0.566. The van der Waals surface area contributed by atoms with E-state index in [1.54, 1.807) is 17.0 Å². The molecule has 3 fully saturated rings. The highest BCUT2D eigenvalue weighted by Gasteiger charge is 2.31. The highest BCUT2D eigenvalue weighted by atomic mass is 16.6. The molecule has 1 N–H and O–H groups in total. The number of nitrogens with zero attached hydrogens (tertiary/aromatic N) is 4. The predicted molar refractivity (Wildman–Crippen MR) is 122 cm³/mol. The summed E-state index contributed by atoms with van der Waals surface area (Å²) in [6.07, 6.45) is 6.30. The van der Waals surface area contributed by atoms with Gasteiger partial charge in [-0.05, 0) is 37.9 Å². The van der Waals surface area contributed by atoms with Gasteiger partial charge in [0.05, 0.1) is 4.92 Å². The van der Waals surface area contributed by atoms with Gasteiger partial charge < -0.3 is 20.0 Å². The first-order chi connectivity index (χ1) is 15.5. The van der Waals surface area contributed by atoms with Gasteiger partial charge in [-0.1, -0.05) is 19.3 Å². The van der Waals surface area contributed by atoms with E-state index in [2.05, 4.69) is 5.32 Å². The lowest BCUT2D eigenvalue weighted by molar-refractivity contribution is -0.384. The van der Waals surface area contributed by atoms with E-state index in [1.165, 1.54) is 12.5 Å². The third-order valence-electron chi connectivity index (χ3n) is 6.93. The van der Waals surface area contributed by atoms with Gasteiger partial charge in [0, 0.05) is 63.4 Å². The predicted octanol–water partition coefficient (Wildman–Crippen LogP) is 2.26. The van der Waals surface area contributed by atoms with E-state index < -0.39 is 4.92 Å². The minimum atomic E-state index is -0.407. The molecule has 9 nitrogen and oxygen atoms in total. The summed E-state index contributed by atoms with van der Waals surface area (Å²) in [6, 6.07) is 4.80. The van der Waals surface area contributed by atoms with Crippen LogP contribution < -0.4 is 10.2 Å². The third kappa shape index (κ3) is 5.03. The van der Waals surface area contributed by atoms with Crippen LogP contribution in [0.2, 0.25) is 0 Å². The molecule has 0 aromatic heterocycles. The van der Waals surface area contributed by atoms with Crippen molar-refractivity contribution in [3.8, 4) is 0 Å². The van der Waals surface area contributed by atoms with Crippen molar-refractivity contribution in [3.05, 3.63) is 33.9 Å². The summed E-state index contributed by atoms with van der Waals surface area (Å²) in [5.74, 6) is 0.224. The molecule has 0 radical (unpaired) electrons. The minimum absolute atomic E-state index is 0.0455. The maximum Gasteiger partial charge on any atom is 0.293 e. The molecule has 2 aliphatic heterocycles. The lowest BCUT2D eigenvalue weighted by Crippen LogP contribution is -2.50. The molecule has 3 aliphatic rings. The summed E-state index contributed by atoms with van der Waals surface area (Å²) in [7, 11) is 0. The fourth-order valence-electron chi connectivity index (χ4n) is 5.08. The van der Waals surface area contributed by atoms with Crippen molar-refractivity contribution < 1.29 is 14.5 Å². The van der Waals surface area contributed by atoms with Crippen molar-refractivity contribution in [2.75, 3.05) is 57.3 Å². The zero-order chi connectivity index (χ0) is 22.5. The smallest absolute Gasteiger partial charge is 0.293 e. The van der Waals surface area contributed by atoms with Crippen LogP contribution in [0.5, 0.6) is 0 Å². The average molecular weight is 444 g/mol. The van der Waals surface area contributed by atoms with Gasteiger partial charge >= 0.3 is 0 Å². The third-order valence-corrected chi connectivity index (χ3v) is 6.93. The van der Waals surface area contributed by atoms with E-state index in [4.69, 9.17) is 0 Å². The molecule has 174 valence electrons. The Balaban J connectivity index is 1.44. The van der Waals surface area contributed by atoms with E-state index in [-0.39, 0.29) is 23.4 Å². The van der Waals surface area contributed by atoms with Crippen LogP contribution in [0.25, 0.3) is 0 Å². The number of hydrogen-bond acceptors (Lipinski definition) is 6. The van der Waals surface area contributed by atoms with Crippen LogP contribution in [0.15, 0.2) is 18.2 Å². The molecule has 2 saturated heterocycles. The standard InChI is InChI=1S/C23H33N5O4/c29-22(18-5-2-1-3-6-18)27-15-13-25(14-16-27)20-8-7-19(17-21(20)28(31)32)23(30)26-11-4-9-24-10-12-26/h7-8,17-18,24H,1-6,9-16H2. The van der Waals surface area contributed by atoms with Gasteiger partial charge in [0.1, 0.15) is 5.69 Å². The van der Waals surface area contributed by atoms with E-state index in [9.17, 15) is 19.7 Å². The highest BCUT2D eigenvalue weighted by molar-refractivity contribution is 5.96. The zero-order valence-corrected chi connectivity index (χ0v) is 18.6. The van der Waals surface area contributed by atoms with E-state index in [0.717, 1.165) is 45.2 Å². The number of anilines is 1. The second kappa shape index (κ2) is 10.3. The Kier molecular flexibility index (Phi) is 7.24. The molecule has 0 bridgehead atoms. The monoisotopic (exact) mass is 443 g/mol. The number of benzene rings is 1. The molecule has 1 aliphatic carbocycles. The minimum Gasteiger partial charge on any atom is -0.362 e. The Bertz CT molecular complexity index is 839. The van der Waals surface area contributed by atoms with Gasteiger partial charge in [-0.15, -0.1) is 0 Å². The molecule has 2 heterocycles. The molecular formula is C23H33N5O4. The van der Waals surface area contributed by atoms with Crippen molar-refractivity contribution in [2.45, 2.75) is 38.5 Å². The van der Waals surface area contributed by atoms with Crippen molar-refractivity contribution in [1.82, 2.24) is 15.1 Å². The summed E-state index contributed by atoms with van der Waals surface area (Å²) >= 11 is 0. The topological polar surface area (TPSA) is 99.0 Å². The number of nitro benzene ring substituents is 1. The van der Waals surface area contributed by atoms with E-state index in [1.807, 2.05) is 9.80 Å². The molecule has 1 aromatic rings. The number of amides is 2. The molecule has 32 heavy (non-hydrogen) atoms. The average Bonchev–Trinajstić information content (AvgIpc) is 3.13. The number of rotatable bonds is 4. The molecule has 0 unspecified atom stereocenters. The summed E-state index contributed by atoms with van der Waals surface area (Å²) in [5.41, 5.74) is 0.832. The van der Waals surface area contributed by atoms with Crippen molar-refractivity contribution in [1.29, 1.82) is 0 Å². The van der Waals surface area contributed by atoms with E-state index in [0.29, 0.717) is 50.5 Å². The Morgan fingerprint density at radius 1 is 0.906 bits per heavy atom. The van der Waals surface area contributed by atoms with Crippen LogP contribution in [0, 0.1) is 16.0 Å². The first-order valence-corrected chi connectivity index (χ1v) is 11.9. The van der Waals surface area contributed by atoms with Crippen LogP contribution in [-0.2, 0) is 4.79 Å². The fourth-order valence-corrected chi connectivity index (χ4v) is 5.08. The molecule has 1 aromatic carbocycles. The first-order valence-electron chi connectivity index (χ1n) is 11.9. The molecule has 0 spiro atoms. The second-order valence-corrected chi connectivity index (χ2v) is 9.00. The fraction of sp³-hybridized carbons (Fsp3) is 0.652. The largest absolute Gasteiger partial charge is 0.362 e. The van der Waals surface area contributed by atoms with Gasteiger partial charge in [0.2, 0.25) is 5.91 Å². The van der Waals surface area contributed by atoms with Crippen molar-refractivity contribution in [2.24, 2.45) is 5.92 Å². The summed E-state index contributed by atoms with van der Waals surface area (Å²) < 4.78 is 0. The summed E-state index contributed by atoms with van der Waals surface area (Å²) in [5, 5.41) is 15.1. The lowest BCUT2D eigenvalue weighted by Gasteiger charge is -2.38. The summed E-state index contributed by atoms with van der Waals surface area (Å²) in [4.78, 5) is 42.8. The van der Waals surface area contributed by atoms with Gasteiger partial charge in [0.15, 0.2) is 0 Å². The molecule has 9 heteroatoms. The Labute approximate surface area is 188 Å². The highest BCUT2D eigenvalue weighted by Crippen LogP contribution is 2.31. The zero-order valence-electron chi connectivity index (χ0n) is 18.6. The molecule has 1 saturated carbocycles. The van der Waals surface area contributed by atoms with Crippen molar-refractivity contribution >= 4 is 23.2 Å². The number of hydrogen-bond donors (Lipinski definition) is 1. The number of carbonyl (C=O) groups excluding carboxylic acids is 2. The van der Waals surface area contributed by atoms with Crippen LogP contribution in [-0.4, -0.2) is 78.9 Å². The normalized spacial score (nSPS) is 20.7. The first kappa shape index (κ1) is 22.5. The number of nitro groups is 1. The number of carbonyl (C=O) groups is 2. The Morgan fingerprint density at radius 3 is 2.38 bits per heavy atom. The van der Waals surface area contributed by atoms with Crippen LogP contribution in [0.4, 0.5) is 11.4 Å². The van der Waals surface area contributed by atoms with Gasteiger partial charge in [-0.25, -0.2) is 0 Å². The van der Waals surface area contributed by atoms with Crippen LogP contribution in [0.3, 0.4) is 0 Å². The maximum absolute atomic E-state index is 12.9. The van der Waals surface area contributed by atoms with Crippen molar-refractivity contribution in [3.63, 3.8) is 0 Å². The molecule has 2 amide bonds. The van der Waals surface area contributed by atoms with E-state index >= 15 is 0 Å². The van der Waals surface area contributed by atoms with Gasteiger partial charge in [-0.3, -0.25) is 19.7 Å². The molecule has 0 atom stereocenters. The second-order valence-electron chi connectivity index (χ2n) is 9.00. The van der Waals surface area contributed by atoms with Gasteiger partial charge in [-0.2, -0.15) is 0 Å². The lowest BCUT2D eigenvalue weighted by atomic mass is 9.88. The van der Waals surface area contributed by atoms with Crippen LogP contribution in [0.1, 0.15) is 48.9 Å². The number of nitrogens with one attached hydrogen (secondary N) is 1. The van der Waals surface area contributed by atoms with Gasteiger partial charge in [0.25, 0.3) is 11.6 Å². The molecular weight excluding hydrogens is 410 g/mol. The van der Waals surface area contributed by atoms with Crippen LogP contribution >= 0.6 is 0 Å². The maximum atomic E-state index is 12.9. The Morgan fingerprint density at radius 2 is 1.66 bits per heavy atom.